The van der Waals surface area contributed by atoms with Crippen molar-refractivity contribution in [3.05, 3.63) is 24.3 Å². The lowest BCUT2D eigenvalue weighted by Crippen LogP contribution is -2.59. The monoisotopic (exact) mass is 825 g/mol. The Kier molecular flexibility index (Phi) is 36.7. The van der Waals surface area contributed by atoms with Crippen molar-refractivity contribution in [1.29, 1.82) is 0 Å². The summed E-state index contributed by atoms with van der Waals surface area (Å²) in [4.78, 5) is 25.3. The van der Waals surface area contributed by atoms with Gasteiger partial charge in [-0.3, -0.25) is 9.59 Å². The number of unbranched alkanes of at least 4 members (excludes halogenated alkanes) is 25. The third-order valence-electron chi connectivity index (χ3n) is 11.1. The van der Waals surface area contributed by atoms with E-state index in [9.17, 15) is 30.0 Å². The molecule has 0 aromatic carbocycles. The van der Waals surface area contributed by atoms with Crippen molar-refractivity contribution in [3.8, 4) is 0 Å². The second-order valence-corrected chi connectivity index (χ2v) is 16.6. The number of rotatable bonds is 40. The number of hydrogen-bond acceptors (Lipinski definition) is 10. The van der Waals surface area contributed by atoms with Crippen LogP contribution in [-0.4, -0.2) is 89.0 Å². The predicted octanol–water partition coefficient (Wildman–Crippen LogP) is 10.5. The molecule has 58 heavy (non-hydrogen) atoms. The third kappa shape index (κ3) is 30.2. The number of allylic oxidation sites excluding steroid dienone is 4. The van der Waals surface area contributed by atoms with Crippen LogP contribution in [0, 0.1) is 0 Å². The van der Waals surface area contributed by atoms with E-state index in [1.165, 1.54) is 135 Å². The zero-order valence-electron chi connectivity index (χ0n) is 37.1. The average molecular weight is 825 g/mol. The molecule has 0 amide bonds. The van der Waals surface area contributed by atoms with Crippen molar-refractivity contribution >= 4 is 11.9 Å². The number of esters is 2. The molecule has 10 heteroatoms. The van der Waals surface area contributed by atoms with E-state index in [4.69, 9.17) is 18.9 Å². The van der Waals surface area contributed by atoms with Gasteiger partial charge in [-0.2, -0.15) is 0 Å². The second kappa shape index (κ2) is 39.3. The number of aliphatic hydroxyl groups is 4. The first-order valence-electron chi connectivity index (χ1n) is 23.9. The lowest BCUT2D eigenvalue weighted by atomic mass is 9.99. The van der Waals surface area contributed by atoms with Crippen LogP contribution in [0.3, 0.4) is 0 Å². The molecule has 1 aliphatic rings. The van der Waals surface area contributed by atoms with E-state index in [-0.39, 0.29) is 26.1 Å². The average Bonchev–Trinajstić information content (AvgIpc) is 3.22. The first kappa shape index (κ1) is 54.2. The summed E-state index contributed by atoms with van der Waals surface area (Å²) in [5.74, 6) is -0.850. The van der Waals surface area contributed by atoms with Gasteiger partial charge >= 0.3 is 11.9 Å². The summed E-state index contributed by atoms with van der Waals surface area (Å²) in [7, 11) is 0. The molecule has 10 nitrogen and oxygen atoms in total. The fourth-order valence-corrected chi connectivity index (χ4v) is 7.29. The molecular formula is C48H88O10. The number of hydrogen-bond donors (Lipinski definition) is 4. The molecule has 1 aliphatic heterocycles. The standard InChI is InChI=1S/C48H88O10/c1-3-5-7-9-11-13-15-17-19-21-23-24-26-28-30-32-34-36-43(50)55-39-41(40-56-48-47(54)46(53)45(52)42(38-49)58-48)57-44(51)37-35-33-31-29-27-25-22-20-18-16-14-12-10-8-6-4-2/h23-24,28,30,41-42,45-49,52-54H,3-22,25-27,29,31-40H2,1-2H3/b24-23+,30-28+/t41-,42-,45+,46?,47?,48-/m0/s1. The van der Waals surface area contributed by atoms with Crippen LogP contribution in [-0.2, 0) is 28.5 Å². The van der Waals surface area contributed by atoms with E-state index in [1.54, 1.807) is 0 Å². The van der Waals surface area contributed by atoms with Gasteiger partial charge in [0, 0.05) is 12.8 Å². The maximum Gasteiger partial charge on any atom is 0.306 e. The minimum Gasteiger partial charge on any atom is -0.462 e. The Bertz CT molecular complexity index is 1000. The summed E-state index contributed by atoms with van der Waals surface area (Å²) in [6, 6.07) is 0. The van der Waals surface area contributed by atoms with Gasteiger partial charge in [-0.1, -0.05) is 186 Å². The summed E-state index contributed by atoms with van der Waals surface area (Å²) in [5.41, 5.74) is 0. The maximum absolute atomic E-state index is 12.8. The summed E-state index contributed by atoms with van der Waals surface area (Å²) >= 11 is 0. The molecule has 1 rings (SSSR count). The Morgan fingerprint density at radius 1 is 0.534 bits per heavy atom. The SMILES string of the molecule is CCCCCCCCCCC/C=C/C/C=C/CCCC(=O)OC[C@@H](CO[C@H]1O[C@@H](CO)[C@@H](O)C(O)C1O)OC(=O)CCCCCCCCCCCCCCCCCC. The lowest BCUT2D eigenvalue weighted by Gasteiger charge is -2.39. The molecule has 6 atom stereocenters. The van der Waals surface area contributed by atoms with Gasteiger partial charge in [0.05, 0.1) is 13.2 Å². The molecule has 2 unspecified atom stereocenters. The highest BCUT2D eigenvalue weighted by molar-refractivity contribution is 5.70. The minimum atomic E-state index is -1.60. The topological polar surface area (TPSA) is 152 Å². The van der Waals surface area contributed by atoms with Crippen LogP contribution in [0.1, 0.15) is 213 Å². The van der Waals surface area contributed by atoms with E-state index in [0.29, 0.717) is 12.8 Å². The normalized spacial score (nSPS) is 20.3. The van der Waals surface area contributed by atoms with Crippen LogP contribution in [0.25, 0.3) is 0 Å². The van der Waals surface area contributed by atoms with Crippen LogP contribution in [0.5, 0.6) is 0 Å². The Morgan fingerprint density at radius 2 is 0.983 bits per heavy atom. The van der Waals surface area contributed by atoms with Gasteiger partial charge in [0.25, 0.3) is 0 Å². The molecule has 1 heterocycles. The Balaban J connectivity index is 2.32. The molecule has 1 fully saturated rings. The van der Waals surface area contributed by atoms with E-state index < -0.39 is 55.4 Å². The van der Waals surface area contributed by atoms with Crippen molar-refractivity contribution < 1.29 is 49.0 Å². The van der Waals surface area contributed by atoms with Crippen molar-refractivity contribution in [3.63, 3.8) is 0 Å². The second-order valence-electron chi connectivity index (χ2n) is 16.6. The minimum absolute atomic E-state index is 0.214. The number of ether oxygens (including phenoxy) is 4. The fourth-order valence-electron chi connectivity index (χ4n) is 7.29. The van der Waals surface area contributed by atoms with Crippen LogP contribution in [0.15, 0.2) is 24.3 Å². The first-order chi connectivity index (χ1) is 28.3. The van der Waals surface area contributed by atoms with E-state index in [2.05, 4.69) is 38.2 Å². The third-order valence-corrected chi connectivity index (χ3v) is 11.1. The molecule has 0 saturated carbocycles. The zero-order valence-corrected chi connectivity index (χ0v) is 37.1. The van der Waals surface area contributed by atoms with Gasteiger partial charge in [-0.15, -0.1) is 0 Å². The van der Waals surface area contributed by atoms with Crippen molar-refractivity contribution in [2.45, 2.75) is 250 Å². The molecule has 0 aromatic rings. The lowest BCUT2D eigenvalue weighted by molar-refractivity contribution is -0.305. The smallest absolute Gasteiger partial charge is 0.306 e. The summed E-state index contributed by atoms with van der Waals surface area (Å²) in [6.45, 7) is 3.41. The Hall–Kier alpha value is -1.82. The molecule has 0 aliphatic carbocycles. The summed E-state index contributed by atoms with van der Waals surface area (Å²) in [6.07, 6.45) is 36.2. The highest BCUT2D eigenvalue weighted by Crippen LogP contribution is 2.23. The Labute approximate surface area is 353 Å². The molecule has 0 spiro atoms. The molecule has 0 aromatic heterocycles. The Morgan fingerprint density at radius 3 is 1.48 bits per heavy atom. The largest absolute Gasteiger partial charge is 0.462 e. The van der Waals surface area contributed by atoms with E-state index in [0.717, 1.165) is 38.5 Å². The van der Waals surface area contributed by atoms with Gasteiger partial charge in [0.1, 0.15) is 31.0 Å². The number of carbonyl (C=O) groups is 2. The molecule has 340 valence electrons. The maximum atomic E-state index is 12.8. The van der Waals surface area contributed by atoms with E-state index >= 15 is 0 Å². The molecular weight excluding hydrogens is 737 g/mol. The van der Waals surface area contributed by atoms with Crippen LogP contribution < -0.4 is 0 Å². The van der Waals surface area contributed by atoms with Gasteiger partial charge in [-0.05, 0) is 38.5 Å². The molecule has 0 radical (unpaired) electrons. The van der Waals surface area contributed by atoms with Crippen LogP contribution in [0.4, 0.5) is 0 Å². The fraction of sp³-hybridized carbons (Fsp3) is 0.875. The van der Waals surface area contributed by atoms with Gasteiger partial charge in [-0.25, -0.2) is 0 Å². The van der Waals surface area contributed by atoms with Gasteiger partial charge in [0.2, 0.25) is 0 Å². The summed E-state index contributed by atoms with van der Waals surface area (Å²) < 4.78 is 22.1. The van der Waals surface area contributed by atoms with Crippen molar-refractivity contribution in [1.82, 2.24) is 0 Å². The molecule has 0 bridgehead atoms. The quantitative estimate of drug-likeness (QED) is 0.0267. The number of aliphatic hydroxyl groups excluding tert-OH is 4. The highest BCUT2D eigenvalue weighted by Gasteiger charge is 2.44. The van der Waals surface area contributed by atoms with Crippen molar-refractivity contribution in [2.24, 2.45) is 0 Å². The van der Waals surface area contributed by atoms with Gasteiger partial charge in [0.15, 0.2) is 12.4 Å². The molecule has 1 saturated heterocycles. The summed E-state index contributed by atoms with van der Waals surface area (Å²) in [5, 5.41) is 40.1. The first-order valence-corrected chi connectivity index (χ1v) is 23.9. The van der Waals surface area contributed by atoms with Crippen LogP contribution in [0.2, 0.25) is 0 Å². The highest BCUT2D eigenvalue weighted by atomic mass is 16.7. The van der Waals surface area contributed by atoms with Crippen molar-refractivity contribution in [2.75, 3.05) is 19.8 Å². The molecule has 4 N–H and O–H groups in total. The van der Waals surface area contributed by atoms with E-state index in [1.807, 2.05) is 0 Å². The predicted molar refractivity (Wildman–Crippen MR) is 233 cm³/mol. The van der Waals surface area contributed by atoms with Crippen LogP contribution >= 0.6 is 0 Å². The number of carbonyl (C=O) groups excluding carboxylic acids is 2. The van der Waals surface area contributed by atoms with Gasteiger partial charge < -0.3 is 39.4 Å². The zero-order chi connectivity index (χ0) is 42.3.